The van der Waals surface area contributed by atoms with Crippen molar-refractivity contribution in [1.29, 1.82) is 0 Å². The Kier molecular flexibility index (Phi) is 9.25. The molecule has 0 atom stereocenters. The molecule has 2 amide bonds. The average molecular weight is 486 g/mol. The Bertz CT molecular complexity index is 1160. The SMILES string of the molecule is O=C(NCCCN1CCOCC1)/C(=C/c1cccc(Oc2ccccc2)c1)NC(=O)c1ccccc1. The van der Waals surface area contributed by atoms with Gasteiger partial charge in [0.15, 0.2) is 0 Å². The molecule has 0 radical (unpaired) electrons. The van der Waals surface area contributed by atoms with Crippen molar-refractivity contribution < 1.29 is 19.1 Å². The van der Waals surface area contributed by atoms with Gasteiger partial charge in [-0.3, -0.25) is 14.5 Å². The molecule has 7 nitrogen and oxygen atoms in total. The lowest BCUT2D eigenvalue weighted by molar-refractivity contribution is -0.117. The Morgan fingerprint density at radius 1 is 0.889 bits per heavy atom. The van der Waals surface area contributed by atoms with Crippen LogP contribution in [0, 0.1) is 0 Å². The lowest BCUT2D eigenvalue weighted by Crippen LogP contribution is -2.39. The van der Waals surface area contributed by atoms with E-state index in [-0.39, 0.29) is 17.5 Å². The maximum Gasteiger partial charge on any atom is 0.267 e. The van der Waals surface area contributed by atoms with Gasteiger partial charge in [-0.25, -0.2) is 0 Å². The number of nitrogens with one attached hydrogen (secondary N) is 2. The van der Waals surface area contributed by atoms with E-state index in [0.717, 1.165) is 44.8 Å². The zero-order valence-corrected chi connectivity index (χ0v) is 20.2. The van der Waals surface area contributed by atoms with Crippen molar-refractivity contribution in [3.05, 3.63) is 102 Å². The first-order valence-electron chi connectivity index (χ1n) is 12.2. The highest BCUT2D eigenvalue weighted by molar-refractivity contribution is 6.05. The molecule has 3 aromatic carbocycles. The summed E-state index contributed by atoms with van der Waals surface area (Å²) >= 11 is 0. The second-order valence-electron chi connectivity index (χ2n) is 8.43. The van der Waals surface area contributed by atoms with Gasteiger partial charge in [0.1, 0.15) is 17.2 Å². The zero-order chi connectivity index (χ0) is 25.0. The van der Waals surface area contributed by atoms with Crippen molar-refractivity contribution >= 4 is 17.9 Å². The Morgan fingerprint density at radius 3 is 2.33 bits per heavy atom. The summed E-state index contributed by atoms with van der Waals surface area (Å²) in [6.07, 6.45) is 2.47. The zero-order valence-electron chi connectivity index (χ0n) is 20.2. The van der Waals surface area contributed by atoms with E-state index >= 15 is 0 Å². The summed E-state index contributed by atoms with van der Waals surface area (Å²) in [7, 11) is 0. The van der Waals surface area contributed by atoms with Crippen molar-refractivity contribution in [1.82, 2.24) is 15.5 Å². The number of rotatable bonds is 10. The molecule has 0 bridgehead atoms. The van der Waals surface area contributed by atoms with Gasteiger partial charge in [-0.2, -0.15) is 0 Å². The quantitative estimate of drug-likeness (QED) is 0.334. The van der Waals surface area contributed by atoms with Crippen LogP contribution in [0.15, 0.2) is 90.6 Å². The normalized spacial score (nSPS) is 14.2. The molecular weight excluding hydrogens is 454 g/mol. The molecule has 4 rings (SSSR count). The van der Waals surface area contributed by atoms with Gasteiger partial charge in [0, 0.05) is 25.2 Å². The van der Waals surface area contributed by atoms with E-state index in [0.29, 0.717) is 23.6 Å². The van der Waals surface area contributed by atoms with Gasteiger partial charge in [0.05, 0.1) is 13.2 Å². The second kappa shape index (κ2) is 13.2. The van der Waals surface area contributed by atoms with Crippen LogP contribution in [-0.4, -0.2) is 56.1 Å². The van der Waals surface area contributed by atoms with E-state index in [1.807, 2.05) is 60.7 Å². The third-order valence-electron chi connectivity index (χ3n) is 5.72. The van der Waals surface area contributed by atoms with Crippen LogP contribution in [0.4, 0.5) is 0 Å². The van der Waals surface area contributed by atoms with Crippen molar-refractivity contribution in [2.45, 2.75) is 6.42 Å². The smallest absolute Gasteiger partial charge is 0.267 e. The van der Waals surface area contributed by atoms with Crippen LogP contribution in [0.1, 0.15) is 22.3 Å². The number of morpholine rings is 1. The summed E-state index contributed by atoms with van der Waals surface area (Å²) in [4.78, 5) is 28.2. The minimum Gasteiger partial charge on any atom is -0.457 e. The van der Waals surface area contributed by atoms with Crippen molar-refractivity contribution in [3.63, 3.8) is 0 Å². The van der Waals surface area contributed by atoms with Gasteiger partial charge in [0.25, 0.3) is 11.8 Å². The van der Waals surface area contributed by atoms with E-state index in [1.54, 1.807) is 30.3 Å². The van der Waals surface area contributed by atoms with Crippen LogP contribution in [0.3, 0.4) is 0 Å². The molecule has 1 heterocycles. The number of amides is 2. The molecule has 1 fully saturated rings. The summed E-state index contributed by atoms with van der Waals surface area (Å²) in [5.41, 5.74) is 1.38. The molecule has 1 saturated heterocycles. The Hall–Kier alpha value is -3.94. The number of benzene rings is 3. The molecule has 0 aromatic heterocycles. The van der Waals surface area contributed by atoms with Gasteiger partial charge >= 0.3 is 0 Å². The Labute approximate surface area is 211 Å². The van der Waals surface area contributed by atoms with Crippen molar-refractivity contribution in [2.24, 2.45) is 0 Å². The number of nitrogens with zero attached hydrogens (tertiary/aromatic N) is 1. The fourth-order valence-electron chi connectivity index (χ4n) is 3.83. The number of carbonyl (C=O) groups is 2. The Morgan fingerprint density at radius 2 is 1.58 bits per heavy atom. The molecular formula is C29H31N3O4. The van der Waals surface area contributed by atoms with Crippen LogP contribution in [0.5, 0.6) is 11.5 Å². The maximum absolute atomic E-state index is 13.1. The predicted molar refractivity (Wildman–Crippen MR) is 140 cm³/mol. The van der Waals surface area contributed by atoms with Gasteiger partial charge in [0.2, 0.25) is 0 Å². The van der Waals surface area contributed by atoms with E-state index in [1.165, 1.54) is 0 Å². The van der Waals surface area contributed by atoms with Crippen LogP contribution < -0.4 is 15.4 Å². The van der Waals surface area contributed by atoms with Crippen LogP contribution >= 0.6 is 0 Å². The van der Waals surface area contributed by atoms with Crippen molar-refractivity contribution in [2.75, 3.05) is 39.4 Å². The van der Waals surface area contributed by atoms with Crippen LogP contribution in [-0.2, 0) is 9.53 Å². The van der Waals surface area contributed by atoms with Crippen LogP contribution in [0.2, 0.25) is 0 Å². The lowest BCUT2D eigenvalue weighted by Gasteiger charge is -2.26. The molecule has 186 valence electrons. The van der Waals surface area contributed by atoms with E-state index in [9.17, 15) is 9.59 Å². The molecule has 2 N–H and O–H groups in total. The molecule has 36 heavy (non-hydrogen) atoms. The molecule has 0 saturated carbocycles. The lowest BCUT2D eigenvalue weighted by atomic mass is 10.1. The summed E-state index contributed by atoms with van der Waals surface area (Å²) in [5, 5.41) is 5.73. The molecule has 1 aliphatic rings. The standard InChI is InChI=1S/C29H31N3O4/c33-28(24-10-3-1-4-11-24)31-27(29(34)30-15-8-16-32-17-19-35-20-18-32)22-23-9-7-14-26(21-23)36-25-12-5-2-6-13-25/h1-7,9-14,21-22H,8,15-20H2,(H,30,34)(H,31,33)/b27-22-. The predicted octanol–water partition coefficient (Wildman–Crippen LogP) is 4.09. The van der Waals surface area contributed by atoms with E-state index in [2.05, 4.69) is 15.5 Å². The topological polar surface area (TPSA) is 79.9 Å². The highest BCUT2D eigenvalue weighted by Crippen LogP contribution is 2.22. The molecule has 7 heteroatoms. The van der Waals surface area contributed by atoms with E-state index < -0.39 is 0 Å². The fraction of sp³-hybridized carbons (Fsp3) is 0.241. The first-order chi connectivity index (χ1) is 17.7. The van der Waals surface area contributed by atoms with Crippen LogP contribution in [0.25, 0.3) is 6.08 Å². The monoisotopic (exact) mass is 485 g/mol. The highest BCUT2D eigenvalue weighted by Gasteiger charge is 2.15. The third-order valence-corrected chi connectivity index (χ3v) is 5.72. The molecule has 3 aromatic rings. The minimum absolute atomic E-state index is 0.173. The number of hydrogen-bond donors (Lipinski definition) is 2. The first kappa shape index (κ1) is 25.2. The maximum atomic E-state index is 13.1. The minimum atomic E-state index is -0.345. The van der Waals surface area contributed by atoms with Gasteiger partial charge in [-0.1, -0.05) is 48.5 Å². The summed E-state index contributed by atoms with van der Waals surface area (Å²) in [5.74, 6) is 0.668. The molecule has 0 unspecified atom stereocenters. The van der Waals surface area contributed by atoms with Gasteiger partial charge in [-0.05, 0) is 61.0 Å². The largest absolute Gasteiger partial charge is 0.457 e. The summed E-state index contributed by atoms with van der Waals surface area (Å²) < 4.78 is 11.3. The number of ether oxygens (including phenoxy) is 2. The Balaban J connectivity index is 1.45. The highest BCUT2D eigenvalue weighted by atomic mass is 16.5. The number of carbonyl (C=O) groups excluding carboxylic acids is 2. The summed E-state index contributed by atoms with van der Waals surface area (Å²) in [6.45, 7) is 4.71. The summed E-state index contributed by atoms with van der Waals surface area (Å²) in [6, 6.07) is 25.7. The molecule has 1 aliphatic heterocycles. The first-order valence-corrected chi connectivity index (χ1v) is 12.2. The number of para-hydroxylation sites is 1. The fourth-order valence-corrected chi connectivity index (χ4v) is 3.83. The third kappa shape index (κ3) is 7.80. The molecule has 0 aliphatic carbocycles. The average Bonchev–Trinajstić information content (AvgIpc) is 2.92. The van der Waals surface area contributed by atoms with Crippen molar-refractivity contribution in [3.8, 4) is 11.5 Å². The second-order valence-corrected chi connectivity index (χ2v) is 8.43. The number of hydrogen-bond acceptors (Lipinski definition) is 5. The van der Waals surface area contributed by atoms with Gasteiger partial charge in [-0.15, -0.1) is 0 Å². The molecule has 0 spiro atoms. The van der Waals surface area contributed by atoms with Gasteiger partial charge < -0.3 is 20.1 Å². The van der Waals surface area contributed by atoms with E-state index in [4.69, 9.17) is 9.47 Å².